The lowest BCUT2D eigenvalue weighted by Crippen LogP contribution is -2.44. The molecule has 4 nitrogen and oxygen atoms in total. The van der Waals surface area contributed by atoms with E-state index in [2.05, 4.69) is 33.0 Å². The summed E-state index contributed by atoms with van der Waals surface area (Å²) in [5.74, 6) is 0. The summed E-state index contributed by atoms with van der Waals surface area (Å²) in [6.45, 7) is 0. The first-order valence-electron chi connectivity index (χ1n) is 5.55. The molecule has 0 saturated carbocycles. The van der Waals surface area contributed by atoms with Gasteiger partial charge in [0.2, 0.25) is 0 Å². The molecule has 0 amide bonds. The molecular weight excluding hydrogens is 200 g/mol. The van der Waals surface area contributed by atoms with Crippen molar-refractivity contribution in [1.82, 2.24) is 20.8 Å². The molecule has 16 heavy (non-hydrogen) atoms. The lowest BCUT2D eigenvalue weighted by Gasteiger charge is -2.25. The molecule has 5 rings (SSSR count). The van der Waals surface area contributed by atoms with Crippen molar-refractivity contribution in [3.05, 3.63) is 47.5 Å². The molecule has 0 fully saturated rings. The van der Waals surface area contributed by atoms with Crippen LogP contribution in [0.1, 0.15) is 12.0 Å². The molecule has 4 heteroatoms. The van der Waals surface area contributed by atoms with E-state index in [0.717, 1.165) is 6.42 Å². The summed E-state index contributed by atoms with van der Waals surface area (Å²) in [6, 6.07) is 0.520. The Labute approximate surface area is 93.1 Å². The van der Waals surface area contributed by atoms with E-state index in [1.807, 2.05) is 18.6 Å². The molecule has 1 aromatic rings. The molecular formula is C12H12N4. The molecule has 2 unspecified atom stereocenters. The van der Waals surface area contributed by atoms with Crippen LogP contribution in [0.5, 0.6) is 0 Å². The number of hydrogen-bond acceptors (Lipinski definition) is 3. The average molecular weight is 212 g/mol. The third-order valence-electron chi connectivity index (χ3n) is 3.46. The number of rotatable bonds is 1. The Kier molecular flexibility index (Phi) is 1.49. The van der Waals surface area contributed by atoms with Gasteiger partial charge in [-0.25, -0.2) is 0 Å². The van der Waals surface area contributed by atoms with Crippen LogP contribution in [0.25, 0.3) is 5.57 Å². The van der Waals surface area contributed by atoms with Crippen molar-refractivity contribution in [3.63, 3.8) is 0 Å². The Hall–Kier alpha value is -1.81. The van der Waals surface area contributed by atoms with Crippen molar-refractivity contribution >= 4 is 5.57 Å². The maximum absolute atomic E-state index is 4.04. The van der Waals surface area contributed by atoms with Crippen molar-refractivity contribution in [2.45, 2.75) is 18.6 Å². The average Bonchev–Trinajstić information content (AvgIpc) is 2.85. The standard InChI is InChI=1S/C12H12N4/c1-2-13-12-10(1)11(8-5-14-15-6-8)7-3-9(4-7)16-12/h1-3,5-6,9,12-13,16H,4H2,(H,14,15). The molecule has 1 aliphatic carbocycles. The maximum atomic E-state index is 4.04. The van der Waals surface area contributed by atoms with Crippen LogP contribution in [-0.4, -0.2) is 22.4 Å². The number of aromatic amines is 1. The fourth-order valence-corrected chi connectivity index (χ4v) is 2.66. The summed E-state index contributed by atoms with van der Waals surface area (Å²) in [4.78, 5) is 0. The largest absolute Gasteiger partial charge is 0.372 e. The first kappa shape index (κ1) is 8.35. The minimum atomic E-state index is 0.256. The molecule has 3 aliphatic heterocycles. The molecule has 4 aliphatic rings. The second-order valence-electron chi connectivity index (χ2n) is 4.42. The van der Waals surface area contributed by atoms with Crippen molar-refractivity contribution in [2.75, 3.05) is 0 Å². The Balaban J connectivity index is 1.94. The van der Waals surface area contributed by atoms with Gasteiger partial charge in [0.05, 0.1) is 6.20 Å². The van der Waals surface area contributed by atoms with Gasteiger partial charge in [0, 0.05) is 17.8 Å². The molecule has 2 atom stereocenters. The zero-order chi connectivity index (χ0) is 10.5. The maximum Gasteiger partial charge on any atom is 0.104 e. The lowest BCUT2D eigenvalue weighted by atomic mass is 9.84. The molecule has 3 N–H and O–H groups in total. The monoisotopic (exact) mass is 212 g/mol. The minimum absolute atomic E-state index is 0.256. The predicted octanol–water partition coefficient (Wildman–Crippen LogP) is 0.908. The van der Waals surface area contributed by atoms with E-state index in [9.17, 15) is 0 Å². The highest BCUT2D eigenvalue weighted by Gasteiger charge is 2.34. The summed E-state index contributed by atoms with van der Waals surface area (Å²) in [5.41, 5.74) is 5.28. The topological polar surface area (TPSA) is 52.7 Å². The summed E-state index contributed by atoms with van der Waals surface area (Å²) in [6.07, 6.45) is 11.7. The van der Waals surface area contributed by atoms with Crippen LogP contribution in [0.2, 0.25) is 0 Å². The Morgan fingerprint density at radius 3 is 3.12 bits per heavy atom. The number of allylic oxidation sites excluding steroid dienone is 1. The Morgan fingerprint density at radius 2 is 2.31 bits per heavy atom. The van der Waals surface area contributed by atoms with Crippen LogP contribution in [0.4, 0.5) is 0 Å². The van der Waals surface area contributed by atoms with E-state index in [0.29, 0.717) is 6.04 Å². The van der Waals surface area contributed by atoms with Gasteiger partial charge in [-0.2, -0.15) is 5.10 Å². The summed E-state index contributed by atoms with van der Waals surface area (Å²) < 4.78 is 0. The lowest BCUT2D eigenvalue weighted by molar-refractivity contribution is 0.485. The van der Waals surface area contributed by atoms with E-state index >= 15 is 0 Å². The van der Waals surface area contributed by atoms with Gasteiger partial charge in [-0.1, -0.05) is 6.08 Å². The number of nitrogens with one attached hydrogen (secondary N) is 3. The van der Waals surface area contributed by atoms with Gasteiger partial charge in [0.1, 0.15) is 6.17 Å². The summed E-state index contributed by atoms with van der Waals surface area (Å²) in [5, 5.41) is 13.8. The zero-order valence-electron chi connectivity index (χ0n) is 8.70. The predicted molar refractivity (Wildman–Crippen MR) is 61.2 cm³/mol. The second kappa shape index (κ2) is 2.86. The van der Waals surface area contributed by atoms with Crippen LogP contribution >= 0.6 is 0 Å². The van der Waals surface area contributed by atoms with E-state index in [4.69, 9.17) is 0 Å². The van der Waals surface area contributed by atoms with Gasteiger partial charge in [-0.05, 0) is 35.4 Å². The van der Waals surface area contributed by atoms with Gasteiger partial charge >= 0.3 is 0 Å². The smallest absolute Gasteiger partial charge is 0.104 e. The summed E-state index contributed by atoms with van der Waals surface area (Å²) in [7, 11) is 0. The zero-order valence-corrected chi connectivity index (χ0v) is 8.70. The first-order valence-corrected chi connectivity index (χ1v) is 5.55. The van der Waals surface area contributed by atoms with Gasteiger partial charge in [0.15, 0.2) is 0 Å². The highest BCUT2D eigenvalue weighted by atomic mass is 15.2. The molecule has 2 bridgehead atoms. The highest BCUT2D eigenvalue weighted by molar-refractivity contribution is 5.86. The van der Waals surface area contributed by atoms with Crippen molar-refractivity contribution in [3.8, 4) is 0 Å². The molecule has 4 heterocycles. The Bertz CT molecular complexity index is 521. The van der Waals surface area contributed by atoms with Gasteiger partial charge in [-0.3, -0.25) is 10.4 Å². The van der Waals surface area contributed by atoms with Gasteiger partial charge < -0.3 is 5.32 Å². The molecule has 0 saturated heterocycles. The van der Waals surface area contributed by atoms with Crippen LogP contribution in [-0.2, 0) is 0 Å². The molecule has 1 aromatic heterocycles. The normalized spacial score (nSPS) is 30.4. The first-order chi connectivity index (χ1) is 7.92. The second-order valence-corrected chi connectivity index (χ2v) is 4.42. The molecule has 80 valence electrons. The molecule has 0 spiro atoms. The SMILES string of the molecule is C1=CC2=C(c3cn[nH]c3)C3=CC(C3)NC2N1. The molecule has 0 aromatic carbocycles. The van der Waals surface area contributed by atoms with Crippen LogP contribution in [0.15, 0.2) is 41.9 Å². The van der Waals surface area contributed by atoms with E-state index < -0.39 is 0 Å². The van der Waals surface area contributed by atoms with E-state index in [1.165, 1.54) is 22.3 Å². The van der Waals surface area contributed by atoms with Crippen LogP contribution in [0, 0.1) is 0 Å². The number of aromatic nitrogens is 2. The minimum Gasteiger partial charge on any atom is -0.372 e. The van der Waals surface area contributed by atoms with Gasteiger partial charge in [-0.15, -0.1) is 0 Å². The number of H-pyrrole nitrogens is 1. The molecule has 0 radical (unpaired) electrons. The van der Waals surface area contributed by atoms with Crippen molar-refractivity contribution in [1.29, 1.82) is 0 Å². The third kappa shape index (κ3) is 0.994. The van der Waals surface area contributed by atoms with Crippen molar-refractivity contribution in [2.24, 2.45) is 0 Å². The third-order valence-corrected chi connectivity index (χ3v) is 3.46. The van der Waals surface area contributed by atoms with E-state index in [1.54, 1.807) is 0 Å². The highest BCUT2D eigenvalue weighted by Crippen LogP contribution is 2.40. The van der Waals surface area contributed by atoms with Crippen molar-refractivity contribution < 1.29 is 0 Å². The fourth-order valence-electron chi connectivity index (χ4n) is 2.66. The quantitative estimate of drug-likeness (QED) is 0.648. The number of nitrogens with zero attached hydrogens (tertiary/aromatic N) is 1. The Morgan fingerprint density at radius 1 is 1.38 bits per heavy atom. The summed E-state index contributed by atoms with van der Waals surface area (Å²) >= 11 is 0. The van der Waals surface area contributed by atoms with Crippen LogP contribution < -0.4 is 10.6 Å². The van der Waals surface area contributed by atoms with Gasteiger partial charge in [0.25, 0.3) is 0 Å². The van der Waals surface area contributed by atoms with E-state index in [-0.39, 0.29) is 6.17 Å². The fraction of sp³-hybridized carbons (Fsp3) is 0.250. The number of hydrogen-bond donors (Lipinski definition) is 3. The van der Waals surface area contributed by atoms with Crippen LogP contribution in [0.3, 0.4) is 0 Å².